The third-order valence-electron chi connectivity index (χ3n) is 9.18. The predicted octanol–water partition coefficient (Wildman–Crippen LogP) is 0.492. The molecule has 8 heteroatoms. The smallest absolute Gasteiger partial charge is 0.303 e. The molecule has 4 rings (SSSR count). The SMILES string of the molecule is CC(=O)O[C@@]12COC1C[C@H](O)[C@@]1(C)C(=O)[C@H](O)C3=C(C)[C@@H](O)C[C@@](O)([C@@H](C)C21)C3(C)C. The molecule has 8 nitrogen and oxygen atoms in total. The second kappa shape index (κ2) is 6.60. The minimum atomic E-state index is -1.61. The standard InChI is InChI=1S/C23H34O8/c1-10-13(25)8-23(29)11(2)18-21(6,19(28)17(27)16(10)20(23,4)5)14(26)7-15-22(18,9-30-15)31-12(3)24/h11,13-15,17-18,25-27,29H,7-9H2,1-6H3/t11-,13-,14-,15?,17+,18?,21+,22-,23+/m0/s1. The van der Waals surface area contributed by atoms with Crippen molar-refractivity contribution in [2.24, 2.45) is 22.7 Å². The van der Waals surface area contributed by atoms with E-state index in [9.17, 15) is 30.0 Å². The van der Waals surface area contributed by atoms with Crippen LogP contribution in [-0.2, 0) is 19.1 Å². The van der Waals surface area contributed by atoms with E-state index in [0.29, 0.717) is 11.1 Å². The Kier molecular flexibility index (Phi) is 4.87. The molecule has 9 atom stereocenters. The quantitative estimate of drug-likeness (QED) is 0.343. The van der Waals surface area contributed by atoms with E-state index in [0.717, 1.165) is 0 Å². The van der Waals surface area contributed by atoms with Crippen LogP contribution in [0.1, 0.15) is 54.4 Å². The molecule has 31 heavy (non-hydrogen) atoms. The summed E-state index contributed by atoms with van der Waals surface area (Å²) in [6, 6.07) is 0. The number of ketones is 1. The largest absolute Gasteiger partial charge is 0.454 e. The molecule has 3 aliphatic carbocycles. The monoisotopic (exact) mass is 438 g/mol. The van der Waals surface area contributed by atoms with Gasteiger partial charge in [-0.1, -0.05) is 20.8 Å². The Morgan fingerprint density at radius 2 is 1.81 bits per heavy atom. The summed E-state index contributed by atoms with van der Waals surface area (Å²) < 4.78 is 11.5. The van der Waals surface area contributed by atoms with Gasteiger partial charge in [0.05, 0.1) is 29.8 Å². The molecule has 4 N–H and O–H groups in total. The third-order valence-corrected chi connectivity index (χ3v) is 9.18. The lowest BCUT2D eigenvalue weighted by Crippen LogP contribution is -2.79. The Hall–Kier alpha value is -1.32. The van der Waals surface area contributed by atoms with E-state index in [1.54, 1.807) is 34.6 Å². The number of rotatable bonds is 1. The number of fused-ring (bicyclic) bond motifs is 5. The normalized spacial score (nSPS) is 51.1. The van der Waals surface area contributed by atoms with Crippen LogP contribution in [0.4, 0.5) is 0 Å². The number of Topliss-reactive ketones (excluding diaryl/α,β-unsaturated/α-hetero) is 1. The van der Waals surface area contributed by atoms with Gasteiger partial charge in [0, 0.05) is 31.1 Å². The Morgan fingerprint density at radius 3 is 2.32 bits per heavy atom. The molecule has 2 bridgehead atoms. The van der Waals surface area contributed by atoms with Crippen molar-refractivity contribution >= 4 is 11.8 Å². The van der Waals surface area contributed by atoms with Crippen LogP contribution in [0.15, 0.2) is 11.1 Å². The second-order valence-corrected chi connectivity index (χ2v) is 10.8. The molecule has 174 valence electrons. The minimum absolute atomic E-state index is 0.00175. The topological polar surface area (TPSA) is 134 Å². The second-order valence-electron chi connectivity index (χ2n) is 10.8. The minimum Gasteiger partial charge on any atom is -0.454 e. The van der Waals surface area contributed by atoms with E-state index in [4.69, 9.17) is 9.47 Å². The van der Waals surface area contributed by atoms with Gasteiger partial charge in [0.1, 0.15) is 12.2 Å². The van der Waals surface area contributed by atoms with Gasteiger partial charge in [-0.15, -0.1) is 0 Å². The summed E-state index contributed by atoms with van der Waals surface area (Å²) in [6.45, 7) is 9.88. The van der Waals surface area contributed by atoms with Crippen LogP contribution >= 0.6 is 0 Å². The third kappa shape index (κ3) is 2.54. The van der Waals surface area contributed by atoms with Gasteiger partial charge in [-0.05, 0) is 30.9 Å². The molecule has 3 fully saturated rings. The van der Waals surface area contributed by atoms with Crippen molar-refractivity contribution < 1.29 is 39.5 Å². The molecule has 1 saturated heterocycles. The molecule has 2 saturated carbocycles. The lowest BCUT2D eigenvalue weighted by molar-refractivity contribution is -0.338. The van der Waals surface area contributed by atoms with Gasteiger partial charge in [0.2, 0.25) is 0 Å². The summed E-state index contributed by atoms with van der Waals surface area (Å²) in [7, 11) is 0. The van der Waals surface area contributed by atoms with E-state index < -0.39 is 70.0 Å². The molecule has 4 aliphatic rings. The molecule has 1 heterocycles. The fourth-order valence-electron chi connectivity index (χ4n) is 7.39. The van der Waals surface area contributed by atoms with Crippen molar-refractivity contribution in [3.8, 4) is 0 Å². The first-order chi connectivity index (χ1) is 14.2. The van der Waals surface area contributed by atoms with Crippen molar-refractivity contribution in [1.82, 2.24) is 0 Å². The Balaban J connectivity index is 2.02. The first-order valence-corrected chi connectivity index (χ1v) is 11.0. The highest BCUT2D eigenvalue weighted by molar-refractivity contribution is 5.93. The van der Waals surface area contributed by atoms with E-state index in [1.807, 2.05) is 0 Å². The molecule has 0 amide bonds. The van der Waals surface area contributed by atoms with Gasteiger partial charge in [-0.25, -0.2) is 0 Å². The maximum atomic E-state index is 13.9. The summed E-state index contributed by atoms with van der Waals surface area (Å²) >= 11 is 0. The summed E-state index contributed by atoms with van der Waals surface area (Å²) in [4.78, 5) is 26.0. The number of aliphatic hydroxyl groups excluding tert-OH is 3. The zero-order chi connectivity index (χ0) is 23.3. The summed E-state index contributed by atoms with van der Waals surface area (Å²) in [5.41, 5.74) is -4.53. The van der Waals surface area contributed by atoms with Gasteiger partial charge in [-0.2, -0.15) is 0 Å². The molecule has 0 aromatic heterocycles. The molecular weight excluding hydrogens is 404 g/mol. The maximum absolute atomic E-state index is 13.9. The highest BCUT2D eigenvalue weighted by atomic mass is 16.6. The van der Waals surface area contributed by atoms with Crippen molar-refractivity contribution in [3.05, 3.63) is 11.1 Å². The average Bonchev–Trinajstić information content (AvgIpc) is 2.65. The number of ether oxygens (including phenoxy) is 2. The molecule has 1 aliphatic heterocycles. The highest BCUT2D eigenvalue weighted by Gasteiger charge is 2.75. The highest BCUT2D eigenvalue weighted by Crippen LogP contribution is 2.65. The molecular formula is C23H34O8. The summed E-state index contributed by atoms with van der Waals surface area (Å²) in [5, 5.41) is 45.4. The Morgan fingerprint density at radius 1 is 1.19 bits per heavy atom. The van der Waals surface area contributed by atoms with Crippen LogP contribution in [0.5, 0.6) is 0 Å². The van der Waals surface area contributed by atoms with E-state index in [-0.39, 0.29) is 19.4 Å². The van der Waals surface area contributed by atoms with Crippen LogP contribution < -0.4 is 0 Å². The van der Waals surface area contributed by atoms with Crippen LogP contribution in [0.25, 0.3) is 0 Å². The number of carbonyl (C=O) groups excluding carboxylic acids is 2. The number of carbonyl (C=O) groups is 2. The molecule has 0 spiro atoms. The van der Waals surface area contributed by atoms with Crippen molar-refractivity contribution in [2.75, 3.05) is 6.61 Å². The predicted molar refractivity (Wildman–Crippen MR) is 109 cm³/mol. The zero-order valence-electron chi connectivity index (χ0n) is 19.0. The van der Waals surface area contributed by atoms with Gasteiger partial charge in [0.15, 0.2) is 11.4 Å². The van der Waals surface area contributed by atoms with Crippen LogP contribution in [0, 0.1) is 22.7 Å². The number of hydrogen-bond donors (Lipinski definition) is 4. The van der Waals surface area contributed by atoms with E-state index in [2.05, 4.69) is 0 Å². The summed E-state index contributed by atoms with van der Waals surface area (Å²) in [6.07, 6.45) is -4.34. The number of esters is 1. The zero-order valence-corrected chi connectivity index (χ0v) is 19.0. The van der Waals surface area contributed by atoms with Crippen molar-refractivity contribution in [1.29, 1.82) is 0 Å². The first-order valence-electron chi connectivity index (χ1n) is 11.0. The first kappa shape index (κ1) is 22.9. The fourth-order valence-corrected chi connectivity index (χ4v) is 7.39. The lowest BCUT2D eigenvalue weighted by Gasteiger charge is -2.67. The Bertz CT molecular complexity index is 864. The van der Waals surface area contributed by atoms with Crippen LogP contribution in [-0.4, -0.2) is 74.4 Å². The average molecular weight is 439 g/mol. The maximum Gasteiger partial charge on any atom is 0.303 e. The fraction of sp³-hybridized carbons (Fsp3) is 0.826. The molecule has 0 radical (unpaired) electrons. The molecule has 2 unspecified atom stereocenters. The van der Waals surface area contributed by atoms with Crippen molar-refractivity contribution in [2.45, 2.75) is 90.0 Å². The van der Waals surface area contributed by atoms with Gasteiger partial charge < -0.3 is 29.9 Å². The van der Waals surface area contributed by atoms with Crippen LogP contribution in [0.3, 0.4) is 0 Å². The van der Waals surface area contributed by atoms with Crippen molar-refractivity contribution in [3.63, 3.8) is 0 Å². The number of hydrogen-bond acceptors (Lipinski definition) is 8. The number of aliphatic hydroxyl groups is 4. The summed E-state index contributed by atoms with van der Waals surface area (Å²) in [5.74, 6) is -2.64. The Labute approximate surface area is 182 Å². The van der Waals surface area contributed by atoms with Gasteiger partial charge >= 0.3 is 5.97 Å². The molecule has 0 aromatic carbocycles. The van der Waals surface area contributed by atoms with E-state index in [1.165, 1.54) is 6.92 Å². The van der Waals surface area contributed by atoms with Gasteiger partial charge in [0.25, 0.3) is 0 Å². The van der Waals surface area contributed by atoms with E-state index >= 15 is 0 Å². The van der Waals surface area contributed by atoms with Gasteiger partial charge in [-0.3, -0.25) is 9.59 Å². The van der Waals surface area contributed by atoms with Crippen LogP contribution in [0.2, 0.25) is 0 Å². The lowest BCUT2D eigenvalue weighted by atomic mass is 9.42. The molecule has 0 aromatic rings.